The van der Waals surface area contributed by atoms with Crippen LogP contribution in [0.3, 0.4) is 0 Å². The summed E-state index contributed by atoms with van der Waals surface area (Å²) in [6, 6.07) is 13.2. The highest BCUT2D eigenvalue weighted by atomic mass is 16.5. The van der Waals surface area contributed by atoms with E-state index in [0.29, 0.717) is 18.9 Å². The van der Waals surface area contributed by atoms with E-state index < -0.39 is 0 Å². The molecule has 0 spiro atoms. The SMILES string of the molecule is CC(C)C1=C2[C@@H](CC/C(=C/c3cccc(O)c3)c3ccccn3)OC[C@@H]2[C@@H]2C(=O)N(C3CCCCC3)C(=O)[C@@H]2C1. The number of ether oxygens (including phenoxy) is 1. The van der Waals surface area contributed by atoms with Gasteiger partial charge in [-0.15, -0.1) is 0 Å². The van der Waals surface area contributed by atoms with E-state index in [0.717, 1.165) is 55.4 Å². The molecule has 4 aliphatic rings. The molecule has 2 amide bonds. The summed E-state index contributed by atoms with van der Waals surface area (Å²) in [6.07, 6.45) is 11.3. The van der Waals surface area contributed by atoms with E-state index in [1.54, 1.807) is 23.2 Å². The summed E-state index contributed by atoms with van der Waals surface area (Å²) >= 11 is 0. The number of phenolic OH excluding ortho intramolecular Hbond substituents is 1. The van der Waals surface area contributed by atoms with Gasteiger partial charge in [-0.3, -0.25) is 19.5 Å². The lowest BCUT2D eigenvalue weighted by molar-refractivity contribution is -0.143. The van der Waals surface area contributed by atoms with Gasteiger partial charge in [0.15, 0.2) is 0 Å². The van der Waals surface area contributed by atoms with Crippen molar-refractivity contribution in [1.82, 2.24) is 9.88 Å². The van der Waals surface area contributed by atoms with E-state index in [1.165, 1.54) is 17.6 Å². The molecule has 0 radical (unpaired) electrons. The Morgan fingerprint density at radius 2 is 1.90 bits per heavy atom. The molecule has 2 aromatic rings. The number of carbonyl (C=O) groups excluding carboxylic acids is 2. The van der Waals surface area contributed by atoms with Crippen molar-refractivity contribution >= 4 is 23.5 Å². The van der Waals surface area contributed by atoms with E-state index in [-0.39, 0.29) is 47.5 Å². The zero-order chi connectivity index (χ0) is 27.8. The molecule has 40 heavy (non-hydrogen) atoms. The summed E-state index contributed by atoms with van der Waals surface area (Å²) in [6.45, 7) is 4.91. The van der Waals surface area contributed by atoms with Gasteiger partial charge in [-0.25, -0.2) is 0 Å². The summed E-state index contributed by atoms with van der Waals surface area (Å²) in [7, 11) is 0. The van der Waals surface area contributed by atoms with Crippen LogP contribution < -0.4 is 0 Å². The number of rotatable bonds is 7. The molecule has 2 saturated heterocycles. The van der Waals surface area contributed by atoms with Crippen LogP contribution in [0.25, 0.3) is 11.6 Å². The summed E-state index contributed by atoms with van der Waals surface area (Å²) in [5, 5.41) is 10.0. The summed E-state index contributed by atoms with van der Waals surface area (Å²) in [5.74, 6) is 0.112. The number of hydrogen-bond donors (Lipinski definition) is 1. The van der Waals surface area contributed by atoms with Gasteiger partial charge in [0.2, 0.25) is 11.8 Å². The second kappa shape index (κ2) is 11.3. The Hall–Kier alpha value is -3.25. The number of imide groups is 1. The predicted octanol–water partition coefficient (Wildman–Crippen LogP) is 6.41. The topological polar surface area (TPSA) is 79.7 Å². The van der Waals surface area contributed by atoms with E-state index in [2.05, 4.69) is 24.9 Å². The predicted molar refractivity (Wildman–Crippen MR) is 155 cm³/mol. The zero-order valence-electron chi connectivity index (χ0n) is 23.6. The van der Waals surface area contributed by atoms with Crippen LogP contribution in [0.15, 0.2) is 59.8 Å². The van der Waals surface area contributed by atoms with Crippen LogP contribution in [0.1, 0.15) is 76.5 Å². The molecule has 6 rings (SSSR count). The highest BCUT2D eigenvalue weighted by molar-refractivity contribution is 6.06. The number of likely N-dealkylation sites (tertiary alicyclic amines) is 1. The molecule has 6 nitrogen and oxygen atoms in total. The van der Waals surface area contributed by atoms with Crippen molar-refractivity contribution in [2.75, 3.05) is 6.61 Å². The maximum Gasteiger partial charge on any atom is 0.234 e. The largest absolute Gasteiger partial charge is 0.508 e. The van der Waals surface area contributed by atoms with Crippen LogP contribution in [0.5, 0.6) is 5.75 Å². The van der Waals surface area contributed by atoms with Crippen LogP contribution in [-0.4, -0.2) is 45.6 Å². The number of aromatic hydroxyl groups is 1. The van der Waals surface area contributed by atoms with Gasteiger partial charge in [-0.05, 0) is 85.1 Å². The molecule has 210 valence electrons. The maximum atomic E-state index is 13.8. The number of fused-ring (bicyclic) bond motifs is 3. The van der Waals surface area contributed by atoms with Gasteiger partial charge in [0.1, 0.15) is 5.75 Å². The van der Waals surface area contributed by atoms with Crippen molar-refractivity contribution in [1.29, 1.82) is 0 Å². The fraction of sp³-hybridized carbons (Fsp3) is 0.500. The first kappa shape index (κ1) is 26.9. The first-order valence-corrected chi connectivity index (χ1v) is 15.0. The number of pyridine rings is 1. The standard InChI is InChI=1S/C34H40N2O4/c1-21(2)26-19-27-32(34(39)36(33(27)38)24-10-4-3-5-11-24)28-20-40-30(31(26)28)15-14-23(29-13-6-7-16-35-29)17-22-9-8-12-25(37)18-22/h6-9,12-13,16-18,21,24,27-28,30,32,37H,3-5,10-11,14-15,19-20H2,1-2H3/b23-17-/t27-,28+,30-,32-/m1/s1. The minimum absolute atomic E-state index is 0.0143. The molecule has 0 unspecified atom stereocenters. The first-order chi connectivity index (χ1) is 19.4. The van der Waals surface area contributed by atoms with Crippen molar-refractivity contribution in [3.05, 3.63) is 71.1 Å². The Labute approximate surface area is 237 Å². The number of amides is 2. The molecule has 2 aliphatic heterocycles. The number of aromatic nitrogens is 1. The summed E-state index contributed by atoms with van der Waals surface area (Å²) < 4.78 is 6.48. The van der Waals surface area contributed by atoms with Gasteiger partial charge >= 0.3 is 0 Å². The Morgan fingerprint density at radius 3 is 2.62 bits per heavy atom. The van der Waals surface area contributed by atoms with Gasteiger partial charge in [-0.2, -0.15) is 0 Å². The summed E-state index contributed by atoms with van der Waals surface area (Å²) in [5.41, 5.74) is 5.50. The van der Waals surface area contributed by atoms with Crippen LogP contribution in [0.2, 0.25) is 0 Å². The van der Waals surface area contributed by atoms with Crippen LogP contribution in [-0.2, 0) is 14.3 Å². The monoisotopic (exact) mass is 540 g/mol. The van der Waals surface area contributed by atoms with Crippen molar-refractivity contribution < 1.29 is 19.4 Å². The molecular weight excluding hydrogens is 500 g/mol. The Morgan fingerprint density at radius 1 is 1.07 bits per heavy atom. The van der Waals surface area contributed by atoms with Crippen molar-refractivity contribution in [2.45, 2.75) is 77.4 Å². The highest BCUT2D eigenvalue weighted by Gasteiger charge is 2.58. The molecule has 0 bridgehead atoms. The Bertz CT molecular complexity index is 1320. The normalized spacial score (nSPS) is 27.5. The minimum Gasteiger partial charge on any atom is -0.508 e. The van der Waals surface area contributed by atoms with Crippen molar-refractivity contribution in [3.8, 4) is 5.75 Å². The van der Waals surface area contributed by atoms with E-state index in [1.807, 2.05) is 30.3 Å². The molecule has 1 N–H and O–H groups in total. The van der Waals surface area contributed by atoms with Crippen LogP contribution >= 0.6 is 0 Å². The van der Waals surface area contributed by atoms with Crippen LogP contribution in [0, 0.1) is 23.7 Å². The molecule has 1 saturated carbocycles. The lowest BCUT2D eigenvalue weighted by Crippen LogP contribution is -2.42. The van der Waals surface area contributed by atoms with E-state index in [9.17, 15) is 14.7 Å². The molecule has 4 atom stereocenters. The maximum absolute atomic E-state index is 13.8. The average molecular weight is 541 g/mol. The Balaban J connectivity index is 1.27. The minimum atomic E-state index is -0.282. The summed E-state index contributed by atoms with van der Waals surface area (Å²) in [4.78, 5) is 33.8. The molecule has 1 aromatic heterocycles. The third-order valence-electron chi connectivity index (χ3n) is 9.50. The van der Waals surface area contributed by atoms with Gasteiger partial charge < -0.3 is 9.84 Å². The molecule has 1 aromatic carbocycles. The van der Waals surface area contributed by atoms with E-state index >= 15 is 0 Å². The Kier molecular flexibility index (Phi) is 7.63. The van der Waals surface area contributed by atoms with Gasteiger partial charge in [-0.1, -0.05) is 56.9 Å². The van der Waals surface area contributed by atoms with Crippen LogP contribution in [0.4, 0.5) is 0 Å². The van der Waals surface area contributed by atoms with Crippen molar-refractivity contribution in [3.63, 3.8) is 0 Å². The lowest BCUT2D eigenvalue weighted by Gasteiger charge is -2.33. The molecule has 3 fully saturated rings. The smallest absolute Gasteiger partial charge is 0.234 e. The quantitative estimate of drug-likeness (QED) is 0.324. The molecular formula is C34H40N2O4. The van der Waals surface area contributed by atoms with E-state index in [4.69, 9.17) is 4.74 Å². The third-order valence-corrected chi connectivity index (χ3v) is 9.50. The fourth-order valence-electron chi connectivity index (χ4n) is 7.61. The van der Waals surface area contributed by atoms with Gasteiger partial charge in [0.25, 0.3) is 0 Å². The zero-order valence-corrected chi connectivity index (χ0v) is 23.6. The number of benzene rings is 1. The van der Waals surface area contributed by atoms with Crippen molar-refractivity contribution in [2.24, 2.45) is 23.7 Å². The number of allylic oxidation sites excluding steroid dienone is 2. The molecule has 6 heteroatoms. The number of carbonyl (C=O) groups is 2. The average Bonchev–Trinajstić information content (AvgIpc) is 3.49. The fourth-order valence-corrected chi connectivity index (χ4v) is 7.61. The van der Waals surface area contributed by atoms with Gasteiger partial charge in [0, 0.05) is 18.2 Å². The highest BCUT2D eigenvalue weighted by Crippen LogP contribution is 2.52. The lowest BCUT2D eigenvalue weighted by atomic mass is 9.67. The number of phenols is 1. The number of nitrogens with zero attached hydrogens (tertiary/aromatic N) is 2. The first-order valence-electron chi connectivity index (χ1n) is 15.0. The molecule has 2 aliphatic carbocycles. The van der Waals surface area contributed by atoms with Gasteiger partial charge in [0.05, 0.1) is 30.2 Å². The molecule has 3 heterocycles. The second-order valence-electron chi connectivity index (χ2n) is 12.3. The second-order valence-corrected chi connectivity index (χ2v) is 12.3. The third kappa shape index (κ3) is 5.03. The number of hydrogen-bond acceptors (Lipinski definition) is 5.